The SMILES string of the molecule is CCCCNC(=O)C1(c2ccc(NS(=O)(=O)c3ccc(CCC)cc3)cc2)CC1.O=C(O)C(F)(F)F. The van der Waals surface area contributed by atoms with Crippen LogP contribution < -0.4 is 10.0 Å². The van der Waals surface area contributed by atoms with Gasteiger partial charge in [0.05, 0.1) is 10.3 Å². The summed E-state index contributed by atoms with van der Waals surface area (Å²) >= 11 is 0. The lowest BCUT2D eigenvalue weighted by Gasteiger charge is -2.16. The lowest BCUT2D eigenvalue weighted by atomic mass is 9.94. The summed E-state index contributed by atoms with van der Waals surface area (Å²) < 4.78 is 59.7. The lowest BCUT2D eigenvalue weighted by molar-refractivity contribution is -0.192. The number of nitrogens with one attached hydrogen (secondary N) is 2. The number of alkyl halides is 3. The third kappa shape index (κ3) is 7.97. The highest BCUT2D eigenvalue weighted by atomic mass is 32.2. The molecule has 0 bridgehead atoms. The summed E-state index contributed by atoms with van der Waals surface area (Å²) in [6, 6.07) is 14.2. The van der Waals surface area contributed by atoms with Crippen LogP contribution in [0.5, 0.6) is 0 Å². The number of benzene rings is 2. The maximum atomic E-state index is 12.6. The zero-order valence-corrected chi connectivity index (χ0v) is 21.0. The van der Waals surface area contributed by atoms with E-state index in [1.165, 1.54) is 0 Å². The Balaban J connectivity index is 0.000000572. The van der Waals surface area contributed by atoms with E-state index >= 15 is 0 Å². The summed E-state index contributed by atoms with van der Waals surface area (Å²) in [5.41, 5.74) is 2.12. The predicted molar refractivity (Wildman–Crippen MR) is 130 cm³/mol. The van der Waals surface area contributed by atoms with Crippen molar-refractivity contribution in [3.05, 3.63) is 59.7 Å². The molecular weight excluding hydrogens is 497 g/mol. The van der Waals surface area contributed by atoms with E-state index in [2.05, 4.69) is 23.9 Å². The number of carbonyl (C=O) groups excluding carboxylic acids is 1. The number of hydrogen-bond acceptors (Lipinski definition) is 4. The molecule has 3 rings (SSSR count). The quantitative estimate of drug-likeness (QED) is 0.375. The third-order valence-electron chi connectivity index (χ3n) is 5.71. The first-order chi connectivity index (χ1) is 16.9. The van der Waals surface area contributed by atoms with Crippen LogP contribution >= 0.6 is 0 Å². The Morgan fingerprint density at radius 2 is 1.53 bits per heavy atom. The van der Waals surface area contributed by atoms with E-state index in [0.717, 1.165) is 49.7 Å². The van der Waals surface area contributed by atoms with Gasteiger partial charge in [0.25, 0.3) is 10.0 Å². The van der Waals surface area contributed by atoms with E-state index < -0.39 is 27.6 Å². The fourth-order valence-corrected chi connectivity index (χ4v) is 4.57. The maximum absolute atomic E-state index is 12.6. The number of aliphatic carboxylic acids is 1. The molecule has 0 aliphatic heterocycles. The molecule has 1 fully saturated rings. The largest absolute Gasteiger partial charge is 0.490 e. The molecule has 3 N–H and O–H groups in total. The monoisotopic (exact) mass is 528 g/mol. The predicted octanol–water partition coefficient (Wildman–Crippen LogP) is 5.02. The van der Waals surface area contributed by atoms with Gasteiger partial charge in [0, 0.05) is 12.2 Å². The standard InChI is InChI=1S/C23H30N2O3S.C2HF3O2/c1-3-5-17-24-22(26)23(15-16-23)19-9-11-20(12-10-19)25-29(27,28)21-13-7-18(6-4-2)8-14-21;3-2(4,5)1(6)7/h7-14,25H,3-6,15-17H2,1-2H3,(H,24,26);(H,6,7). The number of anilines is 1. The van der Waals surface area contributed by atoms with Crippen molar-refractivity contribution in [2.24, 2.45) is 0 Å². The zero-order valence-electron chi connectivity index (χ0n) is 20.2. The summed E-state index contributed by atoms with van der Waals surface area (Å²) in [6.07, 6.45) is 0.559. The number of carbonyl (C=O) groups is 2. The van der Waals surface area contributed by atoms with Gasteiger partial charge in [-0.1, -0.05) is 51.0 Å². The molecule has 0 atom stereocenters. The van der Waals surface area contributed by atoms with Crippen molar-refractivity contribution in [1.29, 1.82) is 0 Å². The molecule has 198 valence electrons. The van der Waals surface area contributed by atoms with E-state index in [-0.39, 0.29) is 10.8 Å². The number of unbranched alkanes of at least 4 members (excludes halogenated alkanes) is 1. The van der Waals surface area contributed by atoms with Gasteiger partial charge in [-0.3, -0.25) is 9.52 Å². The van der Waals surface area contributed by atoms with E-state index in [9.17, 15) is 26.4 Å². The van der Waals surface area contributed by atoms with Crippen LogP contribution in [0.15, 0.2) is 53.4 Å². The molecule has 36 heavy (non-hydrogen) atoms. The molecule has 0 heterocycles. The third-order valence-corrected chi connectivity index (χ3v) is 7.10. The van der Waals surface area contributed by atoms with Crippen molar-refractivity contribution in [3.8, 4) is 0 Å². The second-order valence-electron chi connectivity index (χ2n) is 8.57. The fourth-order valence-electron chi connectivity index (χ4n) is 3.52. The van der Waals surface area contributed by atoms with Crippen molar-refractivity contribution in [3.63, 3.8) is 0 Å². The molecule has 0 radical (unpaired) electrons. The number of carboxylic acids is 1. The number of halogens is 3. The van der Waals surface area contributed by atoms with Crippen LogP contribution in [0, 0.1) is 0 Å². The Bertz CT molecular complexity index is 1130. The number of aryl methyl sites for hydroxylation is 1. The average molecular weight is 529 g/mol. The molecule has 1 aliphatic carbocycles. The van der Waals surface area contributed by atoms with E-state index in [1.807, 2.05) is 24.3 Å². The first kappa shape index (κ1) is 29.2. The number of hydrogen-bond donors (Lipinski definition) is 3. The smallest absolute Gasteiger partial charge is 0.475 e. The molecule has 1 aliphatic rings. The Labute approximate surface area is 209 Å². The van der Waals surface area contributed by atoms with Crippen LogP contribution in [0.2, 0.25) is 0 Å². The highest BCUT2D eigenvalue weighted by Gasteiger charge is 2.51. The van der Waals surface area contributed by atoms with Crippen LogP contribution in [-0.2, 0) is 31.4 Å². The molecule has 1 saturated carbocycles. The summed E-state index contributed by atoms with van der Waals surface area (Å²) in [6.45, 7) is 4.89. The number of sulfonamides is 1. The van der Waals surface area contributed by atoms with Gasteiger partial charge in [-0.05, 0) is 61.1 Å². The Hall–Kier alpha value is -3.08. The van der Waals surface area contributed by atoms with Crippen LogP contribution in [0.25, 0.3) is 0 Å². The van der Waals surface area contributed by atoms with Crippen molar-refractivity contribution in [2.45, 2.75) is 68.9 Å². The van der Waals surface area contributed by atoms with Crippen molar-refractivity contribution in [1.82, 2.24) is 5.32 Å². The Kier molecular flexibility index (Phi) is 9.92. The molecule has 0 unspecified atom stereocenters. The Morgan fingerprint density at radius 1 is 0.972 bits per heavy atom. The van der Waals surface area contributed by atoms with Gasteiger partial charge < -0.3 is 10.4 Å². The second-order valence-corrected chi connectivity index (χ2v) is 10.3. The van der Waals surface area contributed by atoms with Crippen LogP contribution in [-0.4, -0.2) is 38.1 Å². The van der Waals surface area contributed by atoms with Crippen LogP contribution in [0.1, 0.15) is 57.1 Å². The van der Waals surface area contributed by atoms with Gasteiger partial charge in [0.1, 0.15) is 0 Å². The van der Waals surface area contributed by atoms with Gasteiger partial charge in [0.2, 0.25) is 5.91 Å². The average Bonchev–Trinajstić information content (AvgIpc) is 3.62. The van der Waals surface area contributed by atoms with Gasteiger partial charge in [-0.2, -0.15) is 13.2 Å². The number of rotatable bonds is 10. The molecule has 0 saturated heterocycles. The van der Waals surface area contributed by atoms with E-state index in [4.69, 9.17) is 9.90 Å². The van der Waals surface area contributed by atoms with Crippen molar-refractivity contribution in [2.75, 3.05) is 11.3 Å². The number of amides is 1. The summed E-state index contributed by atoms with van der Waals surface area (Å²) in [7, 11) is -3.64. The first-order valence-electron chi connectivity index (χ1n) is 11.7. The minimum absolute atomic E-state index is 0.0754. The van der Waals surface area contributed by atoms with Crippen LogP contribution in [0.4, 0.5) is 18.9 Å². The number of carboxylic acid groups (broad SMARTS) is 1. The molecule has 2 aromatic carbocycles. The molecule has 11 heteroatoms. The highest BCUT2D eigenvalue weighted by molar-refractivity contribution is 7.92. The molecule has 2 aromatic rings. The molecule has 0 aromatic heterocycles. The summed E-state index contributed by atoms with van der Waals surface area (Å²) in [5.74, 6) is -2.68. The molecule has 1 amide bonds. The minimum atomic E-state index is -5.08. The Morgan fingerprint density at radius 3 is 1.97 bits per heavy atom. The molecule has 7 nitrogen and oxygen atoms in total. The van der Waals surface area contributed by atoms with Gasteiger partial charge in [0.15, 0.2) is 0 Å². The lowest BCUT2D eigenvalue weighted by Crippen LogP contribution is -2.35. The van der Waals surface area contributed by atoms with Crippen molar-refractivity contribution >= 4 is 27.6 Å². The topological polar surface area (TPSA) is 113 Å². The maximum Gasteiger partial charge on any atom is 0.490 e. The summed E-state index contributed by atoms with van der Waals surface area (Å²) in [4.78, 5) is 21.7. The van der Waals surface area contributed by atoms with Gasteiger partial charge in [-0.25, -0.2) is 13.2 Å². The normalized spacial score (nSPS) is 14.2. The fraction of sp³-hybridized carbons (Fsp3) is 0.440. The van der Waals surface area contributed by atoms with E-state index in [0.29, 0.717) is 12.2 Å². The van der Waals surface area contributed by atoms with Crippen LogP contribution in [0.3, 0.4) is 0 Å². The zero-order chi connectivity index (χ0) is 27.0. The second kappa shape index (κ2) is 12.2. The van der Waals surface area contributed by atoms with Gasteiger partial charge >= 0.3 is 12.1 Å². The minimum Gasteiger partial charge on any atom is -0.475 e. The van der Waals surface area contributed by atoms with Gasteiger partial charge in [-0.15, -0.1) is 0 Å². The molecular formula is C25H31F3N2O5S. The first-order valence-corrected chi connectivity index (χ1v) is 13.1. The molecule has 0 spiro atoms. The van der Waals surface area contributed by atoms with Crippen molar-refractivity contribution < 1.29 is 36.3 Å². The highest BCUT2D eigenvalue weighted by Crippen LogP contribution is 2.48. The van der Waals surface area contributed by atoms with E-state index in [1.54, 1.807) is 24.3 Å². The summed E-state index contributed by atoms with van der Waals surface area (Å²) in [5, 5.41) is 10.1.